The second kappa shape index (κ2) is 44.4. The third-order valence-corrected chi connectivity index (χ3v) is 16.1. The second-order valence-electron chi connectivity index (χ2n) is 23.5. The van der Waals surface area contributed by atoms with Gasteiger partial charge in [-0.05, 0) is 65.7 Å². The van der Waals surface area contributed by atoms with Gasteiger partial charge in [-0.2, -0.15) is 0 Å². The molecule has 0 aliphatic carbocycles. The van der Waals surface area contributed by atoms with Crippen molar-refractivity contribution in [1.29, 1.82) is 0 Å². The maximum absolute atomic E-state index is 14.3. The first-order valence-electron chi connectivity index (χ1n) is 32.3. The topological polar surface area (TPSA) is 432 Å². The number of unbranched alkanes of at least 4 members (excludes halogenated alkanes) is 12. The number of ether oxygens (including phenoxy) is 6. The van der Waals surface area contributed by atoms with Gasteiger partial charge < -0.3 is 106 Å². The van der Waals surface area contributed by atoms with E-state index in [4.69, 9.17) is 28.4 Å². The molecule has 29 nitrogen and oxygen atoms in total. The van der Waals surface area contributed by atoms with Crippen molar-refractivity contribution in [3.05, 3.63) is 0 Å². The van der Waals surface area contributed by atoms with Crippen LogP contribution in [0.25, 0.3) is 0 Å². The Morgan fingerprint density at radius 2 is 0.798 bits per heavy atom. The van der Waals surface area contributed by atoms with Crippen LogP contribution in [0.3, 0.4) is 0 Å². The van der Waals surface area contributed by atoms with Crippen molar-refractivity contribution in [1.82, 2.24) is 36.8 Å². The van der Waals surface area contributed by atoms with Crippen molar-refractivity contribution in [2.24, 2.45) is 0 Å². The van der Waals surface area contributed by atoms with Crippen LogP contribution in [0.1, 0.15) is 169 Å². The summed E-state index contributed by atoms with van der Waals surface area (Å²) in [6, 6.07) is -2.30. The lowest BCUT2D eigenvalue weighted by Crippen LogP contribution is -2.58. The molecule has 3 saturated heterocycles. The van der Waals surface area contributed by atoms with E-state index in [1.807, 2.05) is 6.92 Å². The van der Waals surface area contributed by atoms with Crippen molar-refractivity contribution in [2.75, 3.05) is 65.6 Å². The molecule has 0 bridgehead atoms. The normalized spacial score (nSPS) is 27.7. The number of hydrogen-bond acceptors (Lipinski definition) is 23. The van der Waals surface area contributed by atoms with Crippen LogP contribution < -0.4 is 31.9 Å². The lowest BCUT2D eigenvalue weighted by atomic mass is 10.0. The highest BCUT2D eigenvalue weighted by atomic mass is 16.7. The van der Waals surface area contributed by atoms with E-state index in [9.17, 15) is 79.5 Å². The molecule has 3 fully saturated rings. The Kier molecular flexibility index (Phi) is 39.5. The minimum Gasteiger partial charge on any atom is -0.388 e. The van der Waals surface area contributed by atoms with E-state index in [2.05, 4.69) is 38.8 Å². The van der Waals surface area contributed by atoms with Crippen LogP contribution in [0.15, 0.2) is 0 Å². The Balaban J connectivity index is 1.76. The Hall–Kier alpha value is -4.15. The number of amides is 6. The van der Waals surface area contributed by atoms with Gasteiger partial charge in [0.05, 0.1) is 57.3 Å². The molecule has 0 aromatic heterocycles. The molecule has 15 N–H and O–H groups in total. The first-order chi connectivity index (χ1) is 42.5. The van der Waals surface area contributed by atoms with Gasteiger partial charge >= 0.3 is 0 Å². The average Bonchev–Trinajstić information content (AvgIpc) is 1.82. The second-order valence-corrected chi connectivity index (χ2v) is 23.5. The van der Waals surface area contributed by atoms with Gasteiger partial charge in [0.25, 0.3) is 0 Å². The smallest absolute Gasteiger partial charge is 0.242 e. The van der Waals surface area contributed by atoms with Gasteiger partial charge in [0.1, 0.15) is 66.8 Å². The number of nitrogens with one attached hydrogen (secondary N) is 6. The first kappa shape index (κ1) is 79.1. The van der Waals surface area contributed by atoms with Crippen LogP contribution in [-0.2, 0) is 62.0 Å². The van der Waals surface area contributed by atoms with E-state index in [0.717, 1.165) is 38.5 Å². The first-order valence-corrected chi connectivity index (χ1v) is 32.3. The summed E-state index contributed by atoms with van der Waals surface area (Å²) >= 11 is 0. The maximum Gasteiger partial charge on any atom is 0.242 e. The number of hydrogen-bond donors (Lipinski definition) is 15. The molecule has 17 atom stereocenters. The summed E-state index contributed by atoms with van der Waals surface area (Å²) in [7, 11) is 0. The fourth-order valence-electron chi connectivity index (χ4n) is 10.4. The Bertz CT molecular complexity index is 2000. The minimum absolute atomic E-state index is 0.00862. The molecule has 0 aromatic rings. The van der Waals surface area contributed by atoms with Crippen molar-refractivity contribution < 1.29 is 108 Å². The minimum atomic E-state index is -1.63. The SMILES string of the molecule is CCCCCCCCCCCCC(=O)N[C@@H](CCC(=O)NCCCCCC(=O)CC)C(=O)NCCCC[C@@H](C(=O)NCCO[C@@H]1O[C@@H](C)[C@@H](O)[C@@H](O)[C@@H]1O)N(CC(=O)NCCO[C@@H]1O[C@@H](C)[C@@H](O)[C@@H](O)[C@@H]1O)CC(=O)NCCO[C@@H]1O[C@@H](C)[C@@H](O)[C@@H](O)[C@@H]1O. The van der Waals surface area contributed by atoms with Gasteiger partial charge in [-0.25, -0.2) is 0 Å². The number of carbonyl (C=O) groups is 7. The van der Waals surface area contributed by atoms with Gasteiger partial charge in [0.15, 0.2) is 18.9 Å². The molecule has 0 unspecified atom stereocenters. The fraction of sp³-hybridized carbons (Fsp3) is 0.883. The summed E-state index contributed by atoms with van der Waals surface area (Å²) in [5.74, 6) is -3.06. The van der Waals surface area contributed by atoms with Gasteiger partial charge in [0, 0.05) is 58.4 Å². The van der Waals surface area contributed by atoms with Crippen molar-refractivity contribution in [2.45, 2.75) is 274 Å². The Morgan fingerprint density at radius 1 is 0.404 bits per heavy atom. The highest BCUT2D eigenvalue weighted by molar-refractivity contribution is 5.88. The molecule has 3 rings (SSSR count). The van der Waals surface area contributed by atoms with E-state index in [0.29, 0.717) is 32.2 Å². The van der Waals surface area contributed by atoms with Crippen LogP contribution in [-0.4, -0.2) is 262 Å². The molecule has 29 heteroatoms. The molecular formula is C60H109N7O22. The van der Waals surface area contributed by atoms with E-state index < -0.39 is 141 Å². The number of aliphatic hydroxyl groups is 9. The maximum atomic E-state index is 14.3. The molecule has 0 radical (unpaired) electrons. The number of Topliss-reactive ketones (excluding diaryl/α,β-unsaturated/α-hetero) is 1. The largest absolute Gasteiger partial charge is 0.388 e. The van der Waals surface area contributed by atoms with Gasteiger partial charge in [0.2, 0.25) is 35.4 Å². The average molecular weight is 1280 g/mol. The molecule has 6 amide bonds. The summed E-state index contributed by atoms with van der Waals surface area (Å²) in [6.07, 6.45) is -6.01. The number of aliphatic hydroxyl groups excluding tert-OH is 9. The number of nitrogens with zero attached hydrogens (tertiary/aromatic N) is 1. The van der Waals surface area contributed by atoms with Gasteiger partial charge in [-0.1, -0.05) is 78.1 Å². The zero-order valence-electron chi connectivity index (χ0n) is 53.0. The van der Waals surface area contributed by atoms with Gasteiger partial charge in [-0.15, -0.1) is 0 Å². The van der Waals surface area contributed by atoms with Crippen LogP contribution in [0, 0.1) is 0 Å². The molecule has 0 aromatic carbocycles. The van der Waals surface area contributed by atoms with Crippen LogP contribution in [0.5, 0.6) is 0 Å². The predicted octanol–water partition coefficient (Wildman–Crippen LogP) is -1.94. The van der Waals surface area contributed by atoms with Crippen molar-refractivity contribution >= 4 is 41.2 Å². The van der Waals surface area contributed by atoms with E-state index in [1.54, 1.807) is 0 Å². The summed E-state index contributed by atoms with van der Waals surface area (Å²) in [6.45, 7) is 6.36. The van der Waals surface area contributed by atoms with Crippen molar-refractivity contribution in [3.8, 4) is 0 Å². The number of carbonyl (C=O) groups excluding carboxylic acids is 7. The quantitative estimate of drug-likeness (QED) is 0.0295. The van der Waals surface area contributed by atoms with E-state index in [1.165, 1.54) is 57.8 Å². The third kappa shape index (κ3) is 30.0. The van der Waals surface area contributed by atoms with Crippen molar-refractivity contribution in [3.63, 3.8) is 0 Å². The number of ketones is 1. The number of rotatable bonds is 46. The molecule has 3 aliphatic rings. The fourth-order valence-corrected chi connectivity index (χ4v) is 10.4. The molecule has 3 aliphatic heterocycles. The summed E-state index contributed by atoms with van der Waals surface area (Å²) in [5, 5.41) is 109. The predicted molar refractivity (Wildman–Crippen MR) is 321 cm³/mol. The summed E-state index contributed by atoms with van der Waals surface area (Å²) in [5.41, 5.74) is 0. The van der Waals surface area contributed by atoms with E-state index in [-0.39, 0.29) is 102 Å². The molecule has 516 valence electrons. The van der Waals surface area contributed by atoms with Crippen LogP contribution in [0.4, 0.5) is 0 Å². The van der Waals surface area contributed by atoms with E-state index >= 15 is 0 Å². The monoisotopic (exact) mass is 1280 g/mol. The standard InChI is InChI=1S/C60H109N7O22/c1-6-8-9-10-11-12-13-14-15-18-24-44(70)66-41(25-26-43(69)61-27-20-16-17-22-40(68)7-2)56(82)64-28-21-19-23-42(57(83)65-31-34-86-60-55(81)52(78)49(75)39(5)89-60)67(35-45(71)62-29-32-84-58-53(79)50(76)47(73)37(3)87-58)36-46(72)63-30-33-85-59-54(80)51(77)48(74)38(4)88-59/h37-39,41-42,47-55,58-60,73-81H,6-36H2,1-5H3,(H,61,69)(H,62,71)(H,63,72)(H,64,82)(H,65,83)(H,66,70)/t37-,38-,39-,41-,42-,47+,48+,49+,50+,51+,52+,53-,54-,55-,58+,59+,60+/m0/s1. The molecule has 0 saturated carbocycles. The Morgan fingerprint density at radius 3 is 1.27 bits per heavy atom. The summed E-state index contributed by atoms with van der Waals surface area (Å²) < 4.78 is 33.2. The molecular weight excluding hydrogens is 1170 g/mol. The highest BCUT2D eigenvalue weighted by Crippen LogP contribution is 2.24. The van der Waals surface area contributed by atoms with Gasteiger partial charge in [-0.3, -0.25) is 38.5 Å². The third-order valence-electron chi connectivity index (χ3n) is 16.1. The zero-order valence-corrected chi connectivity index (χ0v) is 53.0. The van der Waals surface area contributed by atoms with Crippen LogP contribution >= 0.6 is 0 Å². The Labute approximate surface area is 523 Å². The molecule has 0 spiro atoms. The molecule has 89 heavy (non-hydrogen) atoms. The molecule has 3 heterocycles. The lowest BCUT2D eigenvalue weighted by Gasteiger charge is -2.39. The summed E-state index contributed by atoms with van der Waals surface area (Å²) in [4.78, 5) is 94.8. The van der Waals surface area contributed by atoms with Crippen LogP contribution in [0.2, 0.25) is 0 Å². The zero-order chi connectivity index (χ0) is 65.8. The lowest BCUT2D eigenvalue weighted by molar-refractivity contribution is -0.292. The highest BCUT2D eigenvalue weighted by Gasteiger charge is 2.45.